The summed E-state index contributed by atoms with van der Waals surface area (Å²) in [6.07, 6.45) is 3.62. The number of hydrogen-bond acceptors (Lipinski definition) is 10. The SMILES string of the molecule is Nc1nc2c(sc(=O)n2CCN2CCC(c3cccc(OCCO)c3)CC2)c2nc(-c3ccco3)nn12. The fourth-order valence-corrected chi connectivity index (χ4v) is 5.82. The predicted octanol–water partition coefficient (Wildman–Crippen LogP) is 2.59. The van der Waals surface area contributed by atoms with Gasteiger partial charge in [-0.15, -0.1) is 5.10 Å². The molecule has 11 nitrogen and oxygen atoms in total. The summed E-state index contributed by atoms with van der Waals surface area (Å²) in [6, 6.07) is 11.7. The van der Waals surface area contributed by atoms with Crippen molar-refractivity contribution in [3.8, 4) is 17.3 Å². The Morgan fingerprint density at radius 3 is 2.78 bits per heavy atom. The second-order valence-corrected chi connectivity index (χ2v) is 10.0. The lowest BCUT2D eigenvalue weighted by Crippen LogP contribution is -2.36. The molecule has 0 spiro atoms. The van der Waals surface area contributed by atoms with Crippen LogP contribution < -0.4 is 15.3 Å². The fourth-order valence-electron chi connectivity index (χ4n) is 4.89. The van der Waals surface area contributed by atoms with Crippen LogP contribution in [0.2, 0.25) is 0 Å². The minimum Gasteiger partial charge on any atom is -0.491 e. The molecule has 12 heteroatoms. The van der Waals surface area contributed by atoms with Gasteiger partial charge < -0.3 is 24.9 Å². The number of fused-ring (bicyclic) bond motifs is 3. The van der Waals surface area contributed by atoms with Gasteiger partial charge in [-0.2, -0.15) is 9.50 Å². The van der Waals surface area contributed by atoms with Crippen LogP contribution in [0.5, 0.6) is 5.75 Å². The van der Waals surface area contributed by atoms with Crippen LogP contribution in [0.15, 0.2) is 51.9 Å². The van der Waals surface area contributed by atoms with E-state index in [-0.39, 0.29) is 17.4 Å². The summed E-state index contributed by atoms with van der Waals surface area (Å²) in [7, 11) is 0. The minimum atomic E-state index is -0.0906. The number of anilines is 1. The number of benzene rings is 1. The number of piperidine rings is 1. The van der Waals surface area contributed by atoms with E-state index in [0.29, 0.717) is 46.6 Å². The van der Waals surface area contributed by atoms with E-state index < -0.39 is 0 Å². The summed E-state index contributed by atoms with van der Waals surface area (Å²) in [5, 5.41) is 13.4. The number of nitrogens with zero attached hydrogens (tertiary/aromatic N) is 6. The van der Waals surface area contributed by atoms with Crippen LogP contribution in [0.4, 0.5) is 5.95 Å². The molecule has 5 heterocycles. The quantitative estimate of drug-likeness (QED) is 0.316. The Morgan fingerprint density at radius 1 is 1.14 bits per heavy atom. The van der Waals surface area contributed by atoms with Crippen molar-refractivity contribution in [3.05, 3.63) is 57.9 Å². The van der Waals surface area contributed by atoms with E-state index in [1.165, 1.54) is 10.1 Å². The van der Waals surface area contributed by atoms with Gasteiger partial charge in [-0.1, -0.05) is 23.5 Å². The molecular weight excluding hydrogens is 494 g/mol. The van der Waals surface area contributed by atoms with Gasteiger partial charge in [-0.05, 0) is 61.7 Å². The van der Waals surface area contributed by atoms with Gasteiger partial charge in [0, 0.05) is 13.1 Å². The number of nitrogens with two attached hydrogens (primary N) is 1. The van der Waals surface area contributed by atoms with Crippen molar-refractivity contribution in [3.63, 3.8) is 0 Å². The number of likely N-dealkylation sites (tertiary alicyclic amines) is 1. The molecule has 192 valence electrons. The molecule has 0 amide bonds. The van der Waals surface area contributed by atoms with Crippen LogP contribution in [0.1, 0.15) is 24.3 Å². The van der Waals surface area contributed by atoms with E-state index in [9.17, 15) is 4.79 Å². The molecule has 1 fully saturated rings. The summed E-state index contributed by atoms with van der Waals surface area (Å²) in [6.45, 7) is 3.46. The van der Waals surface area contributed by atoms with Crippen molar-refractivity contribution >= 4 is 33.3 Å². The molecule has 4 aromatic heterocycles. The molecule has 5 aromatic rings. The lowest BCUT2D eigenvalue weighted by Gasteiger charge is -2.32. The number of aliphatic hydroxyl groups is 1. The van der Waals surface area contributed by atoms with Crippen molar-refractivity contribution < 1.29 is 14.3 Å². The van der Waals surface area contributed by atoms with Crippen LogP contribution >= 0.6 is 11.3 Å². The first kappa shape index (κ1) is 23.6. The zero-order valence-electron chi connectivity index (χ0n) is 20.1. The normalized spacial score (nSPS) is 15.2. The monoisotopic (exact) mass is 521 g/mol. The number of rotatable bonds is 8. The largest absolute Gasteiger partial charge is 0.491 e. The molecule has 0 radical (unpaired) electrons. The first-order valence-corrected chi connectivity index (χ1v) is 13.1. The Labute approximate surface area is 215 Å². The third-order valence-electron chi connectivity index (χ3n) is 6.77. The van der Waals surface area contributed by atoms with Gasteiger partial charge >= 0.3 is 4.87 Å². The first-order valence-electron chi connectivity index (χ1n) is 12.3. The van der Waals surface area contributed by atoms with Gasteiger partial charge in [0.05, 0.1) is 12.9 Å². The van der Waals surface area contributed by atoms with Crippen molar-refractivity contribution in [1.82, 2.24) is 29.0 Å². The number of hydrogen-bond donors (Lipinski definition) is 2. The fraction of sp³-hybridized carbons (Fsp3) is 0.360. The van der Waals surface area contributed by atoms with E-state index in [4.69, 9.17) is 20.0 Å². The molecule has 1 aliphatic heterocycles. The van der Waals surface area contributed by atoms with E-state index in [1.54, 1.807) is 23.0 Å². The topological polar surface area (TPSA) is 137 Å². The molecule has 0 atom stereocenters. The van der Waals surface area contributed by atoms with Gasteiger partial charge in [0.2, 0.25) is 11.8 Å². The highest BCUT2D eigenvalue weighted by Gasteiger charge is 2.23. The molecule has 1 aromatic carbocycles. The highest BCUT2D eigenvalue weighted by molar-refractivity contribution is 7.17. The Bertz CT molecular complexity index is 1580. The number of aliphatic hydroxyl groups excluding tert-OH is 1. The standard InChI is InChI=1S/C25H27N7O4S/c26-24-28-22-20(23-27-21(29-32(23)24)19-5-2-13-36-19)37-25(34)31(22)11-10-30-8-6-16(7-9-30)17-3-1-4-18(15-17)35-14-12-33/h1-5,13,15-16,33H,6-12,14H2,(H2,26,28). The van der Waals surface area contributed by atoms with Crippen molar-refractivity contribution in [2.45, 2.75) is 25.3 Å². The van der Waals surface area contributed by atoms with Gasteiger partial charge in [0.15, 0.2) is 17.1 Å². The van der Waals surface area contributed by atoms with E-state index >= 15 is 0 Å². The lowest BCUT2D eigenvalue weighted by molar-refractivity contribution is 0.199. The van der Waals surface area contributed by atoms with Gasteiger partial charge in [0.25, 0.3) is 0 Å². The second-order valence-electron chi connectivity index (χ2n) is 9.05. The molecule has 0 bridgehead atoms. The zero-order valence-corrected chi connectivity index (χ0v) is 20.9. The molecule has 0 aliphatic carbocycles. The zero-order chi connectivity index (χ0) is 25.4. The average Bonchev–Trinajstić information content (AvgIpc) is 3.66. The smallest absolute Gasteiger partial charge is 0.309 e. The van der Waals surface area contributed by atoms with Gasteiger partial charge in [-0.3, -0.25) is 9.36 Å². The van der Waals surface area contributed by atoms with Crippen molar-refractivity contribution in [2.75, 3.05) is 38.6 Å². The summed E-state index contributed by atoms with van der Waals surface area (Å²) in [5.41, 5.74) is 8.49. The molecule has 0 saturated carbocycles. The average molecular weight is 522 g/mol. The van der Waals surface area contributed by atoms with Crippen molar-refractivity contribution in [2.24, 2.45) is 0 Å². The predicted molar refractivity (Wildman–Crippen MR) is 140 cm³/mol. The Kier molecular flexibility index (Phi) is 6.37. The summed E-state index contributed by atoms with van der Waals surface area (Å²) >= 11 is 1.11. The third-order valence-corrected chi connectivity index (χ3v) is 7.74. The second kappa shape index (κ2) is 9.96. The van der Waals surface area contributed by atoms with E-state index in [1.807, 2.05) is 12.1 Å². The molecule has 1 saturated heterocycles. The van der Waals surface area contributed by atoms with Crippen LogP contribution in [-0.2, 0) is 6.54 Å². The van der Waals surface area contributed by atoms with Crippen LogP contribution in [0.3, 0.4) is 0 Å². The highest BCUT2D eigenvalue weighted by atomic mass is 32.1. The van der Waals surface area contributed by atoms with Crippen LogP contribution in [-0.4, -0.2) is 67.0 Å². The molecule has 3 N–H and O–H groups in total. The summed E-state index contributed by atoms with van der Waals surface area (Å²) in [4.78, 5) is 24.3. The number of ether oxygens (including phenoxy) is 1. The number of thiazole rings is 1. The van der Waals surface area contributed by atoms with Crippen LogP contribution in [0, 0.1) is 0 Å². The Balaban J connectivity index is 1.16. The maximum absolute atomic E-state index is 12.9. The molecule has 6 rings (SSSR count). The summed E-state index contributed by atoms with van der Waals surface area (Å²) < 4.78 is 14.8. The van der Waals surface area contributed by atoms with E-state index in [2.05, 4.69) is 32.1 Å². The molecular formula is C25H27N7O4S. The number of furan rings is 1. The maximum Gasteiger partial charge on any atom is 0.309 e. The first-order chi connectivity index (χ1) is 18.1. The Morgan fingerprint density at radius 2 is 2.00 bits per heavy atom. The summed E-state index contributed by atoms with van der Waals surface area (Å²) in [5.74, 6) is 2.35. The minimum absolute atomic E-state index is 0.00305. The highest BCUT2D eigenvalue weighted by Crippen LogP contribution is 2.30. The van der Waals surface area contributed by atoms with Gasteiger partial charge in [0.1, 0.15) is 17.1 Å². The number of nitrogen functional groups attached to an aromatic ring is 1. The van der Waals surface area contributed by atoms with Crippen LogP contribution in [0.25, 0.3) is 27.6 Å². The lowest BCUT2D eigenvalue weighted by atomic mass is 9.89. The van der Waals surface area contributed by atoms with E-state index in [0.717, 1.165) is 49.6 Å². The Hall–Kier alpha value is -3.74. The van der Waals surface area contributed by atoms with Gasteiger partial charge in [-0.25, -0.2) is 4.98 Å². The molecule has 0 unspecified atom stereocenters. The third kappa shape index (κ3) is 4.59. The molecule has 37 heavy (non-hydrogen) atoms. The number of aromatic nitrogens is 5. The van der Waals surface area contributed by atoms with Crippen molar-refractivity contribution in [1.29, 1.82) is 0 Å². The maximum atomic E-state index is 12.9. The molecule has 1 aliphatic rings.